The Bertz CT molecular complexity index is 475. The number of amides is 1. The van der Waals surface area contributed by atoms with Gasteiger partial charge < -0.3 is 10.6 Å². The third-order valence-electron chi connectivity index (χ3n) is 3.03. The molecule has 0 saturated carbocycles. The Morgan fingerprint density at radius 2 is 2.10 bits per heavy atom. The zero-order chi connectivity index (χ0) is 15.0. The summed E-state index contributed by atoms with van der Waals surface area (Å²) in [6.45, 7) is 5.52. The second kappa shape index (κ2) is 8.27. The first-order chi connectivity index (χ1) is 9.56. The Morgan fingerprint density at radius 1 is 1.35 bits per heavy atom. The summed E-state index contributed by atoms with van der Waals surface area (Å²) in [6, 6.07) is 5.03. The summed E-state index contributed by atoms with van der Waals surface area (Å²) in [5, 5.41) is 16.8. The summed E-state index contributed by atoms with van der Waals surface area (Å²) in [4.78, 5) is 21.8. The van der Waals surface area contributed by atoms with Crippen LogP contribution in [-0.4, -0.2) is 23.9 Å². The molecule has 6 heteroatoms. The van der Waals surface area contributed by atoms with Crippen LogP contribution in [0.5, 0.6) is 0 Å². The van der Waals surface area contributed by atoms with E-state index in [9.17, 15) is 14.9 Å². The van der Waals surface area contributed by atoms with Crippen molar-refractivity contribution in [2.24, 2.45) is 0 Å². The molecule has 1 amide bonds. The van der Waals surface area contributed by atoms with E-state index in [1.807, 2.05) is 13.0 Å². The predicted octanol–water partition coefficient (Wildman–Crippen LogP) is 1.91. The molecule has 0 saturated heterocycles. The second-order valence-electron chi connectivity index (χ2n) is 4.60. The maximum absolute atomic E-state index is 11.4. The molecule has 1 rings (SSSR count). The van der Waals surface area contributed by atoms with Crippen molar-refractivity contribution in [1.82, 2.24) is 10.6 Å². The Labute approximate surface area is 118 Å². The molecule has 0 aromatic heterocycles. The van der Waals surface area contributed by atoms with E-state index in [4.69, 9.17) is 0 Å². The molecule has 2 N–H and O–H groups in total. The van der Waals surface area contributed by atoms with Gasteiger partial charge >= 0.3 is 0 Å². The number of carbonyl (C=O) groups excluding carboxylic acids is 1. The van der Waals surface area contributed by atoms with Gasteiger partial charge in [0.2, 0.25) is 5.91 Å². The fourth-order valence-corrected chi connectivity index (χ4v) is 1.84. The summed E-state index contributed by atoms with van der Waals surface area (Å²) in [5.41, 5.74) is 1.68. The first-order valence-corrected chi connectivity index (χ1v) is 6.76. The Morgan fingerprint density at radius 3 is 2.75 bits per heavy atom. The summed E-state index contributed by atoms with van der Waals surface area (Å²) in [7, 11) is 0. The quantitative estimate of drug-likeness (QED) is 0.432. The summed E-state index contributed by atoms with van der Waals surface area (Å²) >= 11 is 0. The van der Waals surface area contributed by atoms with Crippen molar-refractivity contribution in [2.45, 2.75) is 33.2 Å². The van der Waals surface area contributed by atoms with Gasteiger partial charge in [0.15, 0.2) is 0 Å². The molecular formula is C14H21N3O3. The van der Waals surface area contributed by atoms with Crippen molar-refractivity contribution in [3.05, 3.63) is 39.4 Å². The van der Waals surface area contributed by atoms with E-state index in [0.29, 0.717) is 31.6 Å². The molecule has 0 aliphatic rings. The van der Waals surface area contributed by atoms with Gasteiger partial charge in [-0.1, -0.05) is 19.1 Å². The molecule has 0 radical (unpaired) electrons. The van der Waals surface area contributed by atoms with Gasteiger partial charge in [0.25, 0.3) is 5.69 Å². The van der Waals surface area contributed by atoms with Crippen LogP contribution in [0.4, 0.5) is 5.69 Å². The average Bonchev–Trinajstić information content (AvgIpc) is 2.42. The number of nitrogens with zero attached hydrogens (tertiary/aromatic N) is 1. The smallest absolute Gasteiger partial charge is 0.272 e. The maximum Gasteiger partial charge on any atom is 0.272 e. The molecule has 0 bridgehead atoms. The summed E-state index contributed by atoms with van der Waals surface area (Å²) in [5.74, 6) is 0.0233. The molecule has 110 valence electrons. The molecule has 0 fully saturated rings. The zero-order valence-corrected chi connectivity index (χ0v) is 11.9. The lowest BCUT2D eigenvalue weighted by Crippen LogP contribution is -2.28. The number of nitro benzene ring substituents is 1. The number of nitro groups is 1. The minimum atomic E-state index is -0.378. The van der Waals surface area contributed by atoms with Gasteiger partial charge in [0.05, 0.1) is 4.92 Å². The first-order valence-electron chi connectivity index (χ1n) is 6.76. The van der Waals surface area contributed by atoms with Gasteiger partial charge in [0, 0.05) is 37.7 Å². The van der Waals surface area contributed by atoms with E-state index >= 15 is 0 Å². The summed E-state index contributed by atoms with van der Waals surface area (Å²) in [6.07, 6.45) is 1.33. The first kappa shape index (κ1) is 16.1. The monoisotopic (exact) mass is 279 g/mol. The van der Waals surface area contributed by atoms with Crippen LogP contribution in [0.2, 0.25) is 0 Å². The molecule has 0 unspecified atom stereocenters. The van der Waals surface area contributed by atoms with Crippen molar-refractivity contribution in [3.8, 4) is 0 Å². The van der Waals surface area contributed by atoms with E-state index in [1.54, 1.807) is 13.0 Å². The van der Waals surface area contributed by atoms with Crippen LogP contribution in [0.15, 0.2) is 18.2 Å². The Kier molecular flexibility index (Phi) is 6.66. The number of hydrogen-bond acceptors (Lipinski definition) is 4. The third-order valence-corrected chi connectivity index (χ3v) is 3.03. The van der Waals surface area contributed by atoms with Gasteiger partial charge in [-0.15, -0.1) is 0 Å². The van der Waals surface area contributed by atoms with Crippen LogP contribution in [0.1, 0.15) is 30.9 Å². The van der Waals surface area contributed by atoms with Gasteiger partial charge in [0.1, 0.15) is 0 Å². The second-order valence-corrected chi connectivity index (χ2v) is 4.60. The van der Waals surface area contributed by atoms with E-state index < -0.39 is 0 Å². The highest BCUT2D eigenvalue weighted by atomic mass is 16.6. The van der Waals surface area contributed by atoms with E-state index in [0.717, 1.165) is 12.0 Å². The molecule has 1 aromatic rings. The molecule has 0 heterocycles. The highest BCUT2D eigenvalue weighted by molar-refractivity contribution is 5.75. The normalized spacial score (nSPS) is 10.3. The average molecular weight is 279 g/mol. The maximum atomic E-state index is 11.4. The topological polar surface area (TPSA) is 84.3 Å². The van der Waals surface area contributed by atoms with Crippen molar-refractivity contribution >= 4 is 11.6 Å². The number of carbonyl (C=O) groups is 1. The van der Waals surface area contributed by atoms with Crippen LogP contribution in [0.25, 0.3) is 0 Å². The lowest BCUT2D eigenvalue weighted by molar-refractivity contribution is -0.385. The number of hydrogen-bond donors (Lipinski definition) is 2. The predicted molar refractivity (Wildman–Crippen MR) is 77.5 cm³/mol. The molecule has 1 aromatic carbocycles. The molecule has 0 atom stereocenters. The SMILES string of the molecule is CCCNC(=O)CCNCc1cccc([N+](=O)[O-])c1C. The van der Waals surface area contributed by atoms with Crippen LogP contribution in [-0.2, 0) is 11.3 Å². The van der Waals surface area contributed by atoms with Gasteiger partial charge in [-0.05, 0) is 18.9 Å². The van der Waals surface area contributed by atoms with E-state index in [2.05, 4.69) is 10.6 Å². The lowest BCUT2D eigenvalue weighted by atomic mass is 10.1. The fourth-order valence-electron chi connectivity index (χ4n) is 1.84. The van der Waals surface area contributed by atoms with Crippen molar-refractivity contribution < 1.29 is 9.72 Å². The lowest BCUT2D eigenvalue weighted by Gasteiger charge is -2.08. The van der Waals surface area contributed by atoms with E-state index in [1.165, 1.54) is 6.07 Å². The van der Waals surface area contributed by atoms with Gasteiger partial charge in [-0.25, -0.2) is 0 Å². The minimum absolute atomic E-state index is 0.0233. The number of rotatable bonds is 8. The highest BCUT2D eigenvalue weighted by Crippen LogP contribution is 2.20. The van der Waals surface area contributed by atoms with Crippen molar-refractivity contribution in [2.75, 3.05) is 13.1 Å². The summed E-state index contributed by atoms with van der Waals surface area (Å²) < 4.78 is 0. The van der Waals surface area contributed by atoms with Gasteiger partial charge in [-0.3, -0.25) is 14.9 Å². The van der Waals surface area contributed by atoms with Crippen LogP contribution in [0, 0.1) is 17.0 Å². The molecule has 0 aliphatic heterocycles. The number of nitrogens with one attached hydrogen (secondary N) is 2. The molecular weight excluding hydrogens is 258 g/mol. The van der Waals surface area contributed by atoms with Gasteiger partial charge in [-0.2, -0.15) is 0 Å². The van der Waals surface area contributed by atoms with Crippen LogP contribution >= 0.6 is 0 Å². The Hall–Kier alpha value is -1.95. The Balaban J connectivity index is 2.41. The molecule has 6 nitrogen and oxygen atoms in total. The van der Waals surface area contributed by atoms with Crippen molar-refractivity contribution in [1.29, 1.82) is 0 Å². The zero-order valence-electron chi connectivity index (χ0n) is 11.9. The highest BCUT2D eigenvalue weighted by Gasteiger charge is 2.12. The number of benzene rings is 1. The van der Waals surface area contributed by atoms with Crippen LogP contribution in [0.3, 0.4) is 0 Å². The van der Waals surface area contributed by atoms with Crippen LogP contribution < -0.4 is 10.6 Å². The standard InChI is InChI=1S/C14H21N3O3/c1-3-8-16-14(18)7-9-15-10-12-5-4-6-13(11(12)2)17(19)20/h4-6,15H,3,7-10H2,1-2H3,(H,16,18). The minimum Gasteiger partial charge on any atom is -0.356 e. The molecule has 0 spiro atoms. The molecule has 0 aliphatic carbocycles. The fraction of sp³-hybridized carbons (Fsp3) is 0.500. The van der Waals surface area contributed by atoms with Crippen molar-refractivity contribution in [3.63, 3.8) is 0 Å². The molecule has 20 heavy (non-hydrogen) atoms. The van der Waals surface area contributed by atoms with E-state index in [-0.39, 0.29) is 16.5 Å². The largest absolute Gasteiger partial charge is 0.356 e. The third kappa shape index (κ3) is 4.97.